The molecule has 0 aliphatic carbocycles. The third kappa shape index (κ3) is 2.44. The van der Waals surface area contributed by atoms with Crippen molar-refractivity contribution in [2.75, 3.05) is 14.1 Å². The summed E-state index contributed by atoms with van der Waals surface area (Å²) in [5.41, 5.74) is 2.97. The van der Waals surface area contributed by atoms with Crippen molar-refractivity contribution in [2.24, 2.45) is 0 Å². The Balaban J connectivity index is 1.91. The average Bonchev–Trinajstić information content (AvgIpc) is 2.93. The number of aromatic amines is 1. The van der Waals surface area contributed by atoms with Crippen molar-refractivity contribution < 1.29 is 4.79 Å². The van der Waals surface area contributed by atoms with Gasteiger partial charge in [0.25, 0.3) is 0 Å². The zero-order chi connectivity index (χ0) is 14.1. The molecular weight excluding hydrogens is 268 g/mol. The van der Waals surface area contributed by atoms with Crippen LogP contribution in [0.1, 0.15) is 21.6 Å². The number of fused-ring (bicyclic) bond motifs is 1. The van der Waals surface area contributed by atoms with E-state index in [1.165, 1.54) is 5.56 Å². The Bertz CT molecular complexity index is 671. The lowest BCUT2D eigenvalue weighted by Crippen LogP contribution is -2.10. The van der Waals surface area contributed by atoms with Gasteiger partial charge in [-0.2, -0.15) is 0 Å². The third-order valence-corrected chi connectivity index (χ3v) is 4.35. The molecule has 2 aromatic rings. The molecular formula is C16H16N2OS. The van der Waals surface area contributed by atoms with E-state index in [9.17, 15) is 4.79 Å². The van der Waals surface area contributed by atoms with Crippen molar-refractivity contribution in [3.63, 3.8) is 0 Å². The molecule has 3 nitrogen and oxygen atoms in total. The molecule has 0 atom stereocenters. The maximum Gasteiger partial charge on any atom is 0.217 e. The van der Waals surface area contributed by atoms with Crippen LogP contribution in [0.15, 0.2) is 46.3 Å². The first-order valence-electron chi connectivity index (χ1n) is 6.49. The minimum Gasteiger partial charge on any atom is -0.357 e. The number of hydrogen-bond donors (Lipinski definition) is 1. The van der Waals surface area contributed by atoms with Crippen LogP contribution in [0, 0.1) is 0 Å². The van der Waals surface area contributed by atoms with Gasteiger partial charge in [-0.25, -0.2) is 0 Å². The highest BCUT2D eigenvalue weighted by atomic mass is 32.2. The summed E-state index contributed by atoms with van der Waals surface area (Å²) in [6.07, 6.45) is 3.90. The van der Waals surface area contributed by atoms with Crippen LogP contribution in [0.4, 0.5) is 0 Å². The van der Waals surface area contributed by atoms with Crippen molar-refractivity contribution >= 4 is 23.6 Å². The monoisotopic (exact) mass is 284 g/mol. The van der Waals surface area contributed by atoms with Gasteiger partial charge in [-0.1, -0.05) is 42.1 Å². The van der Waals surface area contributed by atoms with Gasteiger partial charge < -0.3 is 9.88 Å². The van der Waals surface area contributed by atoms with Crippen molar-refractivity contribution in [1.82, 2.24) is 9.88 Å². The van der Waals surface area contributed by atoms with Crippen LogP contribution in [0.5, 0.6) is 0 Å². The molecule has 0 radical (unpaired) electrons. The Morgan fingerprint density at radius 2 is 2.00 bits per heavy atom. The summed E-state index contributed by atoms with van der Waals surface area (Å²) in [5.74, 6) is 0.0962. The summed E-state index contributed by atoms with van der Waals surface area (Å²) in [7, 11) is 4.06. The van der Waals surface area contributed by atoms with Crippen LogP contribution in [0.2, 0.25) is 0 Å². The SMILES string of the molecule is CN(C)Cc1c[nH]c2c1S/C(=C/c1ccccc1)C2=O. The molecule has 1 aliphatic rings. The van der Waals surface area contributed by atoms with Crippen molar-refractivity contribution in [2.45, 2.75) is 11.4 Å². The summed E-state index contributed by atoms with van der Waals surface area (Å²) in [6.45, 7) is 0.838. The number of ketones is 1. The minimum absolute atomic E-state index is 0.0962. The van der Waals surface area contributed by atoms with Crippen molar-refractivity contribution in [3.05, 3.63) is 58.3 Å². The second kappa shape index (κ2) is 5.31. The number of Topliss-reactive ketones (excluding diaryl/α,β-unsaturated/α-hetero) is 1. The molecule has 102 valence electrons. The predicted molar refractivity (Wildman–Crippen MR) is 82.8 cm³/mol. The normalized spacial score (nSPS) is 16.1. The maximum absolute atomic E-state index is 12.4. The highest BCUT2D eigenvalue weighted by molar-refractivity contribution is 8.05. The number of carbonyl (C=O) groups excluding carboxylic acids is 1. The molecule has 20 heavy (non-hydrogen) atoms. The first kappa shape index (κ1) is 13.2. The van der Waals surface area contributed by atoms with E-state index in [-0.39, 0.29) is 5.78 Å². The Hall–Kier alpha value is -1.78. The van der Waals surface area contributed by atoms with Crippen LogP contribution in [-0.2, 0) is 6.54 Å². The molecule has 4 heteroatoms. The fraction of sp³-hybridized carbons (Fsp3) is 0.188. The summed E-state index contributed by atoms with van der Waals surface area (Å²) in [6, 6.07) is 9.95. The van der Waals surface area contributed by atoms with Gasteiger partial charge in [0.15, 0.2) is 0 Å². The van der Waals surface area contributed by atoms with Crippen LogP contribution in [-0.4, -0.2) is 29.8 Å². The van der Waals surface area contributed by atoms with E-state index in [0.29, 0.717) is 0 Å². The lowest BCUT2D eigenvalue weighted by Gasteiger charge is -2.08. The van der Waals surface area contributed by atoms with E-state index in [4.69, 9.17) is 0 Å². The molecule has 0 saturated carbocycles. The van der Waals surface area contributed by atoms with Crippen LogP contribution >= 0.6 is 11.8 Å². The van der Waals surface area contributed by atoms with E-state index in [1.54, 1.807) is 11.8 Å². The molecule has 0 spiro atoms. The number of benzene rings is 1. The molecule has 0 bridgehead atoms. The fourth-order valence-electron chi connectivity index (χ4n) is 2.27. The van der Waals surface area contributed by atoms with Gasteiger partial charge in [0, 0.05) is 17.6 Å². The molecule has 3 rings (SSSR count). The molecule has 0 fully saturated rings. The number of nitrogens with zero attached hydrogens (tertiary/aromatic N) is 1. The fourth-order valence-corrected chi connectivity index (χ4v) is 3.39. The second-order valence-electron chi connectivity index (χ2n) is 5.11. The summed E-state index contributed by atoms with van der Waals surface area (Å²) in [4.78, 5) is 19.5. The highest BCUT2D eigenvalue weighted by Crippen LogP contribution is 2.42. The van der Waals surface area contributed by atoms with Crippen LogP contribution in [0.25, 0.3) is 6.08 Å². The van der Waals surface area contributed by atoms with Gasteiger partial charge in [-0.05, 0) is 31.3 Å². The predicted octanol–water partition coefficient (Wildman–Crippen LogP) is 3.41. The quantitative estimate of drug-likeness (QED) is 0.877. The van der Waals surface area contributed by atoms with Crippen LogP contribution < -0.4 is 0 Å². The number of nitrogens with one attached hydrogen (secondary N) is 1. The number of rotatable bonds is 3. The number of allylic oxidation sites excluding steroid dienone is 1. The molecule has 1 N–H and O–H groups in total. The van der Waals surface area contributed by atoms with Gasteiger partial charge in [0.05, 0.1) is 4.91 Å². The topological polar surface area (TPSA) is 36.1 Å². The Labute approximate surface area is 122 Å². The summed E-state index contributed by atoms with van der Waals surface area (Å²) < 4.78 is 0. The molecule has 0 amide bonds. The number of thioether (sulfide) groups is 1. The van der Waals surface area contributed by atoms with Gasteiger partial charge in [-0.3, -0.25) is 4.79 Å². The van der Waals surface area contributed by atoms with Crippen molar-refractivity contribution in [3.8, 4) is 0 Å². The van der Waals surface area contributed by atoms with E-state index in [0.717, 1.165) is 27.6 Å². The zero-order valence-corrected chi connectivity index (χ0v) is 12.3. The number of carbonyl (C=O) groups is 1. The Kier molecular flexibility index (Phi) is 3.51. The van der Waals surface area contributed by atoms with E-state index in [2.05, 4.69) is 9.88 Å². The highest BCUT2D eigenvalue weighted by Gasteiger charge is 2.29. The molecule has 1 aliphatic heterocycles. The molecule has 1 aromatic heterocycles. The summed E-state index contributed by atoms with van der Waals surface area (Å²) in [5, 5.41) is 0. The van der Waals surface area contributed by atoms with Gasteiger partial charge in [0.2, 0.25) is 5.78 Å². The van der Waals surface area contributed by atoms with E-state index < -0.39 is 0 Å². The lowest BCUT2D eigenvalue weighted by atomic mass is 10.1. The third-order valence-electron chi connectivity index (χ3n) is 3.16. The number of hydrogen-bond acceptors (Lipinski definition) is 3. The minimum atomic E-state index is 0.0962. The molecule has 0 saturated heterocycles. The average molecular weight is 284 g/mol. The number of aromatic nitrogens is 1. The lowest BCUT2D eigenvalue weighted by molar-refractivity contribution is 0.104. The Morgan fingerprint density at radius 3 is 2.70 bits per heavy atom. The van der Waals surface area contributed by atoms with Gasteiger partial charge in [-0.15, -0.1) is 0 Å². The maximum atomic E-state index is 12.4. The van der Waals surface area contributed by atoms with Gasteiger partial charge in [0.1, 0.15) is 5.69 Å². The summed E-state index contributed by atoms with van der Waals surface area (Å²) >= 11 is 1.57. The van der Waals surface area contributed by atoms with Gasteiger partial charge >= 0.3 is 0 Å². The number of H-pyrrole nitrogens is 1. The zero-order valence-electron chi connectivity index (χ0n) is 11.5. The second-order valence-corrected chi connectivity index (χ2v) is 6.16. The molecule has 0 unspecified atom stereocenters. The first-order chi connectivity index (χ1) is 9.65. The molecule has 2 heterocycles. The first-order valence-corrected chi connectivity index (χ1v) is 7.31. The van der Waals surface area contributed by atoms with Crippen molar-refractivity contribution in [1.29, 1.82) is 0 Å². The Morgan fingerprint density at radius 1 is 1.25 bits per heavy atom. The standard InChI is InChI=1S/C16H16N2OS/c1-18(2)10-12-9-17-14-15(19)13(20-16(12)14)8-11-6-4-3-5-7-11/h3-9,17H,10H2,1-2H3/b13-8+. The van der Waals surface area contributed by atoms with Crippen LogP contribution in [0.3, 0.4) is 0 Å². The molecule has 1 aromatic carbocycles. The van der Waals surface area contributed by atoms with E-state index in [1.807, 2.05) is 56.7 Å². The van der Waals surface area contributed by atoms with E-state index >= 15 is 0 Å². The largest absolute Gasteiger partial charge is 0.357 e. The smallest absolute Gasteiger partial charge is 0.217 e.